The lowest BCUT2D eigenvalue weighted by molar-refractivity contribution is -0.139. The number of amides is 4. The summed E-state index contributed by atoms with van der Waals surface area (Å²) in [7, 11) is -1.25. The number of phenolic OH excluding ortho intramolecular Hbond substituents is 1. The number of hydrogen-bond donors (Lipinski definition) is 5. The number of nitrogens with two attached hydrogens (primary N) is 2. The zero-order valence-corrected chi connectivity index (χ0v) is 23.3. The van der Waals surface area contributed by atoms with Crippen LogP contribution < -0.4 is 22.1 Å². The van der Waals surface area contributed by atoms with Gasteiger partial charge in [-0.3, -0.25) is 23.4 Å². The van der Waals surface area contributed by atoms with E-state index < -0.39 is 64.9 Å². The lowest BCUT2D eigenvalue weighted by atomic mass is 10.0. The van der Waals surface area contributed by atoms with Gasteiger partial charge in [-0.25, -0.2) is 4.39 Å². The average molecular weight is 578 g/mol. The number of rotatable bonds is 15. The molecule has 0 fully saturated rings. The van der Waals surface area contributed by atoms with Gasteiger partial charge in [0.15, 0.2) is 0 Å². The van der Waals surface area contributed by atoms with Gasteiger partial charge in [0.25, 0.3) is 0 Å². The van der Waals surface area contributed by atoms with E-state index in [2.05, 4.69) is 10.6 Å². The van der Waals surface area contributed by atoms with Crippen molar-refractivity contribution in [3.05, 3.63) is 65.5 Å². The minimum atomic E-state index is -1.25. The van der Waals surface area contributed by atoms with Crippen LogP contribution in [0, 0.1) is 5.82 Å². The Kier molecular flexibility index (Phi) is 12.7. The molecule has 11 nitrogen and oxygen atoms in total. The Morgan fingerprint density at radius 2 is 1.57 bits per heavy atom. The summed E-state index contributed by atoms with van der Waals surface area (Å²) in [5.41, 5.74) is 12.9. The van der Waals surface area contributed by atoms with Crippen LogP contribution in [0.15, 0.2) is 48.5 Å². The monoisotopic (exact) mass is 577 g/mol. The van der Waals surface area contributed by atoms with Crippen molar-refractivity contribution in [1.29, 1.82) is 0 Å². The average Bonchev–Trinajstić information content (AvgIpc) is 2.91. The van der Waals surface area contributed by atoms with Crippen LogP contribution in [0.4, 0.5) is 4.39 Å². The number of nitrogens with zero attached hydrogens (tertiary/aromatic N) is 1. The van der Waals surface area contributed by atoms with Crippen molar-refractivity contribution in [1.82, 2.24) is 15.5 Å². The molecule has 0 aliphatic carbocycles. The molecule has 13 heteroatoms. The van der Waals surface area contributed by atoms with Crippen molar-refractivity contribution in [2.75, 3.05) is 25.1 Å². The highest BCUT2D eigenvalue weighted by Gasteiger charge is 2.29. The van der Waals surface area contributed by atoms with Crippen molar-refractivity contribution in [2.24, 2.45) is 11.5 Å². The largest absolute Gasteiger partial charge is 0.508 e. The summed E-state index contributed by atoms with van der Waals surface area (Å²) < 4.78 is 24.9. The Morgan fingerprint density at radius 3 is 2.12 bits per heavy atom. The minimum absolute atomic E-state index is 0.0345. The van der Waals surface area contributed by atoms with Gasteiger partial charge in [-0.15, -0.1) is 0 Å². The van der Waals surface area contributed by atoms with Crippen LogP contribution in [0.5, 0.6) is 5.75 Å². The van der Waals surface area contributed by atoms with Gasteiger partial charge in [0.2, 0.25) is 23.6 Å². The molecule has 0 aliphatic heterocycles. The zero-order valence-electron chi connectivity index (χ0n) is 22.5. The fourth-order valence-corrected chi connectivity index (χ4v) is 4.54. The smallest absolute Gasteiger partial charge is 0.243 e. The van der Waals surface area contributed by atoms with Crippen molar-refractivity contribution in [2.45, 2.75) is 44.3 Å². The second-order valence-electron chi connectivity index (χ2n) is 9.25. The summed E-state index contributed by atoms with van der Waals surface area (Å²) in [5.74, 6) is -2.92. The first-order chi connectivity index (χ1) is 18.9. The number of phenols is 1. The summed E-state index contributed by atoms with van der Waals surface area (Å²) in [4.78, 5) is 52.1. The van der Waals surface area contributed by atoms with Gasteiger partial charge in [-0.05, 0) is 55.2 Å². The van der Waals surface area contributed by atoms with Gasteiger partial charge in [0.05, 0.1) is 12.6 Å². The Bertz CT molecular complexity index is 1190. The molecule has 7 N–H and O–H groups in total. The van der Waals surface area contributed by atoms with Gasteiger partial charge < -0.3 is 32.1 Å². The highest BCUT2D eigenvalue weighted by molar-refractivity contribution is 7.84. The molecule has 2 aromatic rings. The van der Waals surface area contributed by atoms with Gasteiger partial charge in [0.1, 0.15) is 23.7 Å². The molecule has 2 aromatic carbocycles. The molecule has 4 amide bonds. The molecular weight excluding hydrogens is 541 g/mol. The van der Waals surface area contributed by atoms with E-state index in [0.29, 0.717) is 11.1 Å². The first-order valence-electron chi connectivity index (χ1n) is 12.7. The first-order valence-corrected chi connectivity index (χ1v) is 14.4. The van der Waals surface area contributed by atoms with Crippen LogP contribution in [0.2, 0.25) is 0 Å². The third-order valence-corrected chi connectivity index (χ3v) is 6.99. The normalized spacial score (nSPS) is 13.9. The van der Waals surface area contributed by atoms with E-state index in [1.165, 1.54) is 47.6 Å². The van der Waals surface area contributed by atoms with E-state index in [1.807, 2.05) is 0 Å². The Labute approximate surface area is 234 Å². The molecule has 0 radical (unpaired) electrons. The maximum Gasteiger partial charge on any atom is 0.243 e. The second kappa shape index (κ2) is 15.7. The highest BCUT2D eigenvalue weighted by Crippen LogP contribution is 2.12. The fourth-order valence-electron chi connectivity index (χ4n) is 3.98. The molecule has 4 atom stereocenters. The van der Waals surface area contributed by atoms with Crippen LogP contribution in [0.3, 0.4) is 0 Å². The molecular formula is C27H36FN5O6S. The maximum atomic E-state index is 13.3. The minimum Gasteiger partial charge on any atom is -0.508 e. The number of carbonyl (C=O) groups excluding carboxylic acids is 4. The lowest BCUT2D eigenvalue weighted by Gasteiger charge is -2.29. The summed E-state index contributed by atoms with van der Waals surface area (Å²) in [6.07, 6.45) is 1.70. The standard InChI is InChI=1S/C27H36FN5O6S/c1-3-33(23(25(30)36)15-18-4-8-19(28)9-5-18)24(35)16-31-27(38)22(12-13-40(2)39)32-26(37)21(29)14-17-6-10-20(34)11-7-17/h4-11,21-23,34H,3,12-16,29H2,1-2H3,(H2,30,36)(H,31,38)(H,32,37). The molecule has 0 spiro atoms. The number of aromatic hydroxyl groups is 1. The van der Waals surface area contributed by atoms with Crippen LogP contribution in [-0.4, -0.2) is 81.1 Å². The summed E-state index contributed by atoms with van der Waals surface area (Å²) >= 11 is 0. The predicted octanol–water partition coefficient (Wildman–Crippen LogP) is -0.284. The Morgan fingerprint density at radius 1 is 1.00 bits per heavy atom. The molecule has 0 aromatic heterocycles. The SMILES string of the molecule is CCN(C(=O)CNC(=O)C(CCS(C)=O)NC(=O)C(N)Cc1ccc(O)cc1)C(Cc1ccc(F)cc1)C(N)=O. The van der Waals surface area contributed by atoms with E-state index in [-0.39, 0.29) is 37.3 Å². The third-order valence-electron chi connectivity index (χ3n) is 6.18. The number of halogens is 1. The van der Waals surface area contributed by atoms with Crippen molar-refractivity contribution < 1.29 is 32.9 Å². The number of nitrogens with one attached hydrogen (secondary N) is 2. The topological polar surface area (TPSA) is 185 Å². The molecule has 40 heavy (non-hydrogen) atoms. The Balaban J connectivity index is 2.05. The van der Waals surface area contributed by atoms with Crippen LogP contribution in [0.25, 0.3) is 0 Å². The van der Waals surface area contributed by atoms with E-state index >= 15 is 0 Å². The summed E-state index contributed by atoms with van der Waals surface area (Å²) in [6, 6.07) is 8.46. The molecule has 0 heterocycles. The van der Waals surface area contributed by atoms with Crippen molar-refractivity contribution in [3.63, 3.8) is 0 Å². The van der Waals surface area contributed by atoms with Crippen molar-refractivity contribution in [3.8, 4) is 5.75 Å². The van der Waals surface area contributed by atoms with Crippen LogP contribution >= 0.6 is 0 Å². The summed E-state index contributed by atoms with van der Waals surface area (Å²) in [6.45, 7) is 1.28. The molecule has 0 bridgehead atoms. The number of carbonyl (C=O) groups is 4. The lowest BCUT2D eigenvalue weighted by Crippen LogP contribution is -2.55. The number of primary amides is 1. The van der Waals surface area contributed by atoms with E-state index in [1.54, 1.807) is 19.1 Å². The van der Waals surface area contributed by atoms with Gasteiger partial charge >= 0.3 is 0 Å². The summed E-state index contributed by atoms with van der Waals surface area (Å²) in [5, 5.41) is 14.4. The van der Waals surface area contributed by atoms with Crippen LogP contribution in [0.1, 0.15) is 24.5 Å². The molecule has 0 saturated heterocycles. The fraction of sp³-hybridized carbons (Fsp3) is 0.407. The van der Waals surface area contributed by atoms with Crippen molar-refractivity contribution >= 4 is 34.4 Å². The van der Waals surface area contributed by atoms with E-state index in [0.717, 1.165) is 0 Å². The molecule has 0 saturated carbocycles. The second-order valence-corrected chi connectivity index (χ2v) is 10.8. The van der Waals surface area contributed by atoms with Gasteiger partial charge in [-0.2, -0.15) is 0 Å². The van der Waals surface area contributed by atoms with Gasteiger partial charge in [-0.1, -0.05) is 24.3 Å². The quantitative estimate of drug-likeness (QED) is 0.193. The number of benzene rings is 2. The predicted molar refractivity (Wildman–Crippen MR) is 149 cm³/mol. The molecule has 218 valence electrons. The highest BCUT2D eigenvalue weighted by atomic mass is 32.2. The van der Waals surface area contributed by atoms with E-state index in [4.69, 9.17) is 11.5 Å². The first kappa shape index (κ1) is 32.4. The maximum absolute atomic E-state index is 13.3. The number of hydrogen-bond acceptors (Lipinski definition) is 7. The molecule has 0 aliphatic rings. The molecule has 2 rings (SSSR count). The number of likely N-dealkylation sites (N-methyl/N-ethyl adjacent to an activating group) is 1. The molecule has 4 unspecified atom stereocenters. The van der Waals surface area contributed by atoms with Gasteiger partial charge in [0, 0.05) is 35.8 Å². The zero-order chi connectivity index (χ0) is 29.8. The Hall–Kier alpha value is -3.84. The third kappa shape index (κ3) is 10.4. The van der Waals surface area contributed by atoms with E-state index in [9.17, 15) is 32.9 Å². The van der Waals surface area contributed by atoms with Crippen LogP contribution in [-0.2, 0) is 42.8 Å².